The lowest BCUT2D eigenvalue weighted by atomic mass is 10.0. The van der Waals surface area contributed by atoms with Crippen LogP contribution in [-0.4, -0.2) is 28.4 Å². The summed E-state index contributed by atoms with van der Waals surface area (Å²) < 4.78 is 0. The Morgan fingerprint density at radius 2 is 2.31 bits per heavy atom. The number of amidine groups is 1. The summed E-state index contributed by atoms with van der Waals surface area (Å²) in [6, 6.07) is 0. The number of nitrogens with one attached hydrogen (secondary N) is 1. The third kappa shape index (κ3) is 4.04. The van der Waals surface area contributed by atoms with Gasteiger partial charge in [0.25, 0.3) is 0 Å². The van der Waals surface area contributed by atoms with Crippen LogP contribution < -0.4 is 11.1 Å². The van der Waals surface area contributed by atoms with Crippen molar-refractivity contribution in [3.05, 3.63) is 0 Å². The molecule has 1 amide bonds. The minimum absolute atomic E-state index is 0.290. The van der Waals surface area contributed by atoms with Gasteiger partial charge >= 0.3 is 0 Å². The van der Waals surface area contributed by atoms with Crippen molar-refractivity contribution >= 4 is 22.8 Å². The molecule has 0 saturated carbocycles. The standard InChI is InChI=1S/C11H21N3OS/c1-7(2)8-6-13-10(16-8)14-11(3,4)5-9(12)15/h7-8H,5-6H2,1-4H3,(H2,12,15)(H,13,14). The molecule has 1 unspecified atom stereocenters. The van der Waals surface area contributed by atoms with E-state index in [1.54, 1.807) is 11.8 Å². The minimum Gasteiger partial charge on any atom is -0.370 e. The maximum Gasteiger partial charge on any atom is 0.219 e. The topological polar surface area (TPSA) is 67.5 Å². The molecule has 0 radical (unpaired) electrons. The van der Waals surface area contributed by atoms with Crippen LogP contribution in [0.3, 0.4) is 0 Å². The van der Waals surface area contributed by atoms with Gasteiger partial charge < -0.3 is 11.1 Å². The van der Waals surface area contributed by atoms with Gasteiger partial charge in [-0.2, -0.15) is 0 Å². The van der Waals surface area contributed by atoms with Crippen molar-refractivity contribution in [2.75, 3.05) is 6.54 Å². The largest absolute Gasteiger partial charge is 0.370 e. The third-order valence-electron chi connectivity index (χ3n) is 2.48. The maximum atomic E-state index is 10.9. The summed E-state index contributed by atoms with van der Waals surface area (Å²) in [6.45, 7) is 9.18. The van der Waals surface area contributed by atoms with Crippen molar-refractivity contribution in [2.24, 2.45) is 16.6 Å². The van der Waals surface area contributed by atoms with Gasteiger partial charge in [-0.3, -0.25) is 9.79 Å². The molecule has 0 aromatic rings. The lowest BCUT2D eigenvalue weighted by Crippen LogP contribution is -2.44. The van der Waals surface area contributed by atoms with Gasteiger partial charge in [0.1, 0.15) is 0 Å². The first-order valence-electron chi connectivity index (χ1n) is 5.58. The summed E-state index contributed by atoms with van der Waals surface area (Å²) in [5, 5.41) is 4.77. The Labute approximate surface area is 101 Å². The number of nitrogens with two attached hydrogens (primary N) is 1. The highest BCUT2D eigenvalue weighted by molar-refractivity contribution is 8.14. The van der Waals surface area contributed by atoms with Crippen molar-refractivity contribution in [3.8, 4) is 0 Å². The fraction of sp³-hybridized carbons (Fsp3) is 0.818. The molecule has 5 heteroatoms. The number of amides is 1. The van der Waals surface area contributed by atoms with Gasteiger partial charge in [-0.05, 0) is 19.8 Å². The number of thioether (sulfide) groups is 1. The Morgan fingerprint density at radius 1 is 1.69 bits per heavy atom. The quantitative estimate of drug-likeness (QED) is 0.783. The molecule has 16 heavy (non-hydrogen) atoms. The fourth-order valence-corrected chi connectivity index (χ4v) is 2.77. The Morgan fingerprint density at radius 3 is 2.75 bits per heavy atom. The van der Waals surface area contributed by atoms with E-state index in [0.717, 1.165) is 11.7 Å². The van der Waals surface area contributed by atoms with E-state index < -0.39 is 0 Å². The molecule has 1 atom stereocenters. The monoisotopic (exact) mass is 243 g/mol. The molecule has 0 bridgehead atoms. The molecule has 3 N–H and O–H groups in total. The minimum atomic E-state index is -0.316. The molecule has 0 aromatic heterocycles. The van der Waals surface area contributed by atoms with Crippen LogP contribution in [0.1, 0.15) is 34.1 Å². The normalized spacial score (nSPS) is 21.1. The Hall–Kier alpha value is -0.710. The van der Waals surface area contributed by atoms with Gasteiger partial charge in [0.05, 0.1) is 6.54 Å². The van der Waals surface area contributed by atoms with E-state index in [1.165, 1.54) is 0 Å². The number of primary amides is 1. The van der Waals surface area contributed by atoms with Gasteiger partial charge in [-0.1, -0.05) is 25.6 Å². The summed E-state index contributed by atoms with van der Waals surface area (Å²) >= 11 is 1.76. The summed E-state index contributed by atoms with van der Waals surface area (Å²) in [4.78, 5) is 15.3. The smallest absolute Gasteiger partial charge is 0.219 e. The zero-order chi connectivity index (χ0) is 12.3. The van der Waals surface area contributed by atoms with Crippen molar-refractivity contribution in [3.63, 3.8) is 0 Å². The third-order valence-corrected chi connectivity index (χ3v) is 3.93. The number of nitrogens with zero attached hydrogens (tertiary/aromatic N) is 1. The molecule has 0 fully saturated rings. The van der Waals surface area contributed by atoms with Gasteiger partial charge in [0.15, 0.2) is 5.17 Å². The molecular weight excluding hydrogens is 222 g/mol. The summed E-state index contributed by atoms with van der Waals surface area (Å²) in [5.41, 5.74) is 4.89. The number of carbonyl (C=O) groups is 1. The number of aliphatic imine (C=N–C) groups is 1. The van der Waals surface area contributed by atoms with E-state index >= 15 is 0 Å². The van der Waals surface area contributed by atoms with Crippen molar-refractivity contribution in [2.45, 2.75) is 44.9 Å². The van der Waals surface area contributed by atoms with Crippen LogP contribution >= 0.6 is 11.8 Å². The molecule has 0 spiro atoms. The Bertz CT molecular complexity index is 300. The molecule has 1 rings (SSSR count). The molecule has 0 aromatic carbocycles. The van der Waals surface area contributed by atoms with Crippen molar-refractivity contribution < 1.29 is 4.79 Å². The second kappa shape index (κ2) is 5.08. The fourth-order valence-electron chi connectivity index (χ4n) is 1.58. The molecule has 1 heterocycles. The van der Waals surface area contributed by atoms with Crippen LogP contribution in [0, 0.1) is 5.92 Å². The Balaban J connectivity index is 2.47. The summed E-state index contributed by atoms with van der Waals surface area (Å²) in [6.07, 6.45) is 0.318. The zero-order valence-electron chi connectivity index (χ0n) is 10.4. The van der Waals surface area contributed by atoms with Crippen LogP contribution in [0.25, 0.3) is 0 Å². The molecule has 0 aliphatic carbocycles. The lowest BCUT2D eigenvalue weighted by Gasteiger charge is -2.26. The molecule has 1 aliphatic rings. The Kier molecular flexibility index (Phi) is 4.24. The average Bonchev–Trinajstić information content (AvgIpc) is 2.48. The average molecular weight is 243 g/mol. The highest BCUT2D eigenvalue weighted by atomic mass is 32.2. The van der Waals surface area contributed by atoms with Crippen LogP contribution in [0.4, 0.5) is 0 Å². The number of hydrogen-bond donors (Lipinski definition) is 2. The summed E-state index contributed by atoms with van der Waals surface area (Å²) in [5.74, 6) is 0.328. The highest BCUT2D eigenvalue weighted by Gasteiger charge is 2.27. The van der Waals surface area contributed by atoms with E-state index in [0.29, 0.717) is 17.6 Å². The zero-order valence-corrected chi connectivity index (χ0v) is 11.2. The first-order chi connectivity index (χ1) is 7.30. The van der Waals surface area contributed by atoms with E-state index in [-0.39, 0.29) is 11.4 Å². The first-order valence-corrected chi connectivity index (χ1v) is 6.46. The predicted molar refractivity (Wildman–Crippen MR) is 69.5 cm³/mol. The van der Waals surface area contributed by atoms with Gasteiger partial charge in [-0.15, -0.1) is 0 Å². The molecular formula is C11H21N3OS. The maximum absolute atomic E-state index is 10.9. The SMILES string of the molecule is CC(C)C1CN=C(NC(C)(C)CC(N)=O)S1. The van der Waals surface area contributed by atoms with Crippen LogP contribution in [0.5, 0.6) is 0 Å². The van der Waals surface area contributed by atoms with Crippen molar-refractivity contribution in [1.29, 1.82) is 0 Å². The number of carbonyl (C=O) groups excluding carboxylic acids is 1. The van der Waals surface area contributed by atoms with Crippen LogP contribution in [-0.2, 0) is 4.79 Å². The molecule has 0 saturated heterocycles. The van der Waals surface area contributed by atoms with E-state index in [9.17, 15) is 4.79 Å². The molecule has 1 aliphatic heterocycles. The van der Waals surface area contributed by atoms with Gasteiger partial charge in [0.2, 0.25) is 5.91 Å². The van der Waals surface area contributed by atoms with E-state index in [1.807, 2.05) is 13.8 Å². The molecule has 92 valence electrons. The highest BCUT2D eigenvalue weighted by Crippen LogP contribution is 2.27. The lowest BCUT2D eigenvalue weighted by molar-refractivity contribution is -0.119. The van der Waals surface area contributed by atoms with Crippen LogP contribution in [0.2, 0.25) is 0 Å². The van der Waals surface area contributed by atoms with E-state index in [4.69, 9.17) is 5.73 Å². The van der Waals surface area contributed by atoms with Gasteiger partial charge in [0, 0.05) is 17.2 Å². The van der Waals surface area contributed by atoms with Gasteiger partial charge in [-0.25, -0.2) is 0 Å². The molecule has 4 nitrogen and oxygen atoms in total. The number of hydrogen-bond acceptors (Lipinski definition) is 4. The first kappa shape index (κ1) is 13.4. The van der Waals surface area contributed by atoms with Crippen LogP contribution in [0.15, 0.2) is 4.99 Å². The number of rotatable bonds is 4. The second-order valence-electron chi connectivity index (χ2n) is 5.20. The predicted octanol–water partition coefficient (Wildman–Crippen LogP) is 1.36. The second-order valence-corrected chi connectivity index (χ2v) is 6.43. The van der Waals surface area contributed by atoms with Crippen molar-refractivity contribution in [1.82, 2.24) is 5.32 Å². The van der Waals surface area contributed by atoms with E-state index in [2.05, 4.69) is 24.2 Å². The summed E-state index contributed by atoms with van der Waals surface area (Å²) in [7, 11) is 0.